The largest absolute Gasteiger partial charge is 0.508 e. The maximum atomic E-state index is 11.9. The van der Waals surface area contributed by atoms with Gasteiger partial charge in [-0.2, -0.15) is 0 Å². The van der Waals surface area contributed by atoms with E-state index in [9.17, 15) is 19.8 Å². The van der Waals surface area contributed by atoms with Crippen LogP contribution in [-0.2, 0) is 20.4 Å². The van der Waals surface area contributed by atoms with E-state index in [2.05, 4.69) is 30.3 Å². The van der Waals surface area contributed by atoms with Crippen molar-refractivity contribution in [3.05, 3.63) is 189 Å². The molecule has 8 aromatic carbocycles. The Morgan fingerprint density at radius 2 is 0.722 bits per heavy atom. The van der Waals surface area contributed by atoms with E-state index < -0.39 is 22.8 Å². The molecule has 8 aromatic rings. The van der Waals surface area contributed by atoms with Crippen molar-refractivity contribution in [1.29, 1.82) is 0 Å². The Bertz CT molecular complexity index is 4160. The van der Waals surface area contributed by atoms with E-state index in [1.54, 1.807) is 105 Å². The molecule has 18 heteroatoms. The molecule has 4 heterocycles. The number of hydrogen-bond acceptors (Lipinski definition) is 18. The normalized spacial score (nSPS) is 22.1. The molecule has 4 aliphatic heterocycles. The maximum absolute atomic E-state index is 11.9. The van der Waals surface area contributed by atoms with E-state index in [0.29, 0.717) is 100 Å². The summed E-state index contributed by atoms with van der Waals surface area (Å²) in [5, 5.41) is 20.7. The SMILES string of the molecule is COc1ccc(C23COc4cc(O)ccc4C2C2c4ccc(O)cc4OCC2c2cc(OC)c(OC)cc23)cc1OC.COc1ccc(C23COc4cc(OC(C)=O)ccc4C2C2c4ccc(OC(C)=O)cc4OCC2c2cc(OC)c(OC)cc23)cc1OC. The quantitative estimate of drug-likeness (QED) is 0.0862. The van der Waals surface area contributed by atoms with E-state index in [4.69, 9.17) is 66.3 Å². The lowest BCUT2D eigenvalue weighted by atomic mass is 9.50. The number of rotatable bonds is 12. The van der Waals surface area contributed by atoms with Gasteiger partial charge in [-0.1, -0.05) is 36.4 Å². The van der Waals surface area contributed by atoms with Crippen LogP contribution in [0.15, 0.2) is 133 Å². The fourth-order valence-corrected chi connectivity index (χ4v) is 15.3. The third-order valence-corrected chi connectivity index (χ3v) is 18.9. The number of methoxy groups -OCH3 is 8. The zero-order valence-electron chi connectivity index (χ0n) is 51.4. The summed E-state index contributed by atoms with van der Waals surface area (Å²) in [6.07, 6.45) is 0. The van der Waals surface area contributed by atoms with Gasteiger partial charge in [0.25, 0.3) is 0 Å². The van der Waals surface area contributed by atoms with Crippen LogP contribution in [0.25, 0.3) is 0 Å². The lowest BCUT2D eigenvalue weighted by molar-refractivity contribution is -0.132. The van der Waals surface area contributed by atoms with E-state index in [0.717, 1.165) is 55.6 Å². The second kappa shape index (κ2) is 23.1. The van der Waals surface area contributed by atoms with Crippen LogP contribution >= 0.6 is 0 Å². The zero-order chi connectivity index (χ0) is 62.9. The van der Waals surface area contributed by atoms with E-state index in [-0.39, 0.29) is 53.6 Å². The molecule has 18 nitrogen and oxygen atoms in total. The molecule has 0 spiro atoms. The minimum atomic E-state index is -0.783. The summed E-state index contributed by atoms with van der Waals surface area (Å²) < 4.78 is 83.1. The maximum Gasteiger partial charge on any atom is 0.308 e. The number of hydrogen-bond donors (Lipinski definition) is 2. The molecule has 2 aliphatic carbocycles. The third-order valence-electron chi connectivity index (χ3n) is 18.9. The van der Waals surface area contributed by atoms with Crippen molar-refractivity contribution in [3.63, 3.8) is 0 Å². The molecule has 14 rings (SSSR count). The lowest BCUT2D eigenvalue weighted by Gasteiger charge is -2.56. The Morgan fingerprint density at radius 1 is 0.378 bits per heavy atom. The second-order valence-electron chi connectivity index (χ2n) is 23.1. The number of aromatic hydroxyl groups is 2. The zero-order valence-corrected chi connectivity index (χ0v) is 51.4. The van der Waals surface area contributed by atoms with Crippen LogP contribution in [-0.4, -0.2) is 105 Å². The van der Waals surface area contributed by atoms with Crippen LogP contribution in [0.1, 0.15) is 105 Å². The molecule has 0 fully saturated rings. The summed E-state index contributed by atoms with van der Waals surface area (Å²) in [6, 6.07) is 42.1. The minimum Gasteiger partial charge on any atom is -0.508 e. The van der Waals surface area contributed by atoms with Gasteiger partial charge in [-0.25, -0.2) is 0 Å². The fourth-order valence-electron chi connectivity index (χ4n) is 15.3. The highest BCUT2D eigenvalue weighted by Crippen LogP contribution is 2.69. The average molecular weight is 1220 g/mol. The molecule has 0 bridgehead atoms. The van der Waals surface area contributed by atoms with Crippen LogP contribution in [0.4, 0.5) is 0 Å². The Hall–Kier alpha value is -10.1. The first-order valence-electron chi connectivity index (χ1n) is 29.4. The van der Waals surface area contributed by atoms with Gasteiger partial charge in [-0.15, -0.1) is 0 Å². The topological polar surface area (TPSA) is 204 Å². The molecule has 8 atom stereocenters. The summed E-state index contributed by atoms with van der Waals surface area (Å²) >= 11 is 0. The molecule has 0 aromatic heterocycles. The van der Waals surface area contributed by atoms with Crippen molar-refractivity contribution in [3.8, 4) is 92.0 Å². The van der Waals surface area contributed by atoms with Gasteiger partial charge in [0.2, 0.25) is 0 Å². The summed E-state index contributed by atoms with van der Waals surface area (Å²) in [5.41, 5.74) is 8.51. The first kappa shape index (κ1) is 58.9. The van der Waals surface area contributed by atoms with E-state index in [1.807, 2.05) is 54.6 Å². The number of benzene rings is 8. The van der Waals surface area contributed by atoms with Crippen LogP contribution in [0.5, 0.6) is 92.0 Å². The van der Waals surface area contributed by atoms with E-state index in [1.165, 1.54) is 13.8 Å². The number of ether oxygens (including phenoxy) is 14. The Kier molecular flexibility index (Phi) is 15.1. The number of esters is 2. The van der Waals surface area contributed by atoms with Crippen molar-refractivity contribution in [2.45, 2.75) is 60.2 Å². The van der Waals surface area contributed by atoms with Gasteiger partial charge in [0.1, 0.15) is 59.2 Å². The number of fused-ring (bicyclic) bond motifs is 20. The monoisotopic (exact) mass is 1220 g/mol. The van der Waals surface area contributed by atoms with Crippen molar-refractivity contribution in [2.75, 3.05) is 83.3 Å². The molecule has 8 unspecified atom stereocenters. The van der Waals surface area contributed by atoms with Gasteiger partial charge in [-0.3, -0.25) is 9.59 Å². The first-order chi connectivity index (χ1) is 43.6. The van der Waals surface area contributed by atoms with Crippen molar-refractivity contribution in [1.82, 2.24) is 0 Å². The van der Waals surface area contributed by atoms with Gasteiger partial charge in [0.05, 0.1) is 80.9 Å². The molecule has 0 saturated heterocycles. The molecular formula is C72H68O18. The first-order valence-corrected chi connectivity index (χ1v) is 29.4. The predicted octanol–water partition coefficient (Wildman–Crippen LogP) is 12.2. The smallest absolute Gasteiger partial charge is 0.308 e. The van der Waals surface area contributed by atoms with Gasteiger partial charge < -0.3 is 76.5 Å². The number of phenolic OH excluding ortho intramolecular Hbond substituents is 2. The number of carbonyl (C=O) groups excluding carboxylic acids is 2. The highest BCUT2D eigenvalue weighted by Gasteiger charge is 2.61. The summed E-state index contributed by atoms with van der Waals surface area (Å²) in [6.45, 7) is 4.06. The molecular weight excluding hydrogens is 1150 g/mol. The molecule has 0 amide bonds. The molecule has 0 radical (unpaired) electrons. The van der Waals surface area contributed by atoms with E-state index >= 15 is 0 Å². The van der Waals surface area contributed by atoms with Crippen LogP contribution in [0.3, 0.4) is 0 Å². The Balaban J connectivity index is 0.000000167. The standard InChI is InChI=1S/C38H36O10.C34H32O8/c1-20(39)47-23-8-10-25-31(14-23)45-18-28-27-16-34(43-5)35(44-6)17-29(27)38(22-7-12-30(41-3)33(13-22)42-4)19-46-32-15-24(48-21(2)40)9-11-26(32)37(38)36(25)28;1-37-26-10-5-18(11-29(26)38-2)34-17-42-28-13-20(36)7-9-22(28)33(34)32-21-8-6-19(35)12-27(21)41-16-24(32)23-14-30(39-3)31(40-4)15-25(23)34/h7-17,28,36-37H,18-19H2,1-6H3;5-15,24,32-33,35-36H,16-17H2,1-4H3. The van der Waals surface area contributed by atoms with Gasteiger partial charge in [0, 0.05) is 73.6 Å². The molecule has 464 valence electrons. The van der Waals surface area contributed by atoms with Gasteiger partial charge in [0.15, 0.2) is 46.0 Å². The van der Waals surface area contributed by atoms with Crippen molar-refractivity contribution >= 4 is 11.9 Å². The number of carbonyl (C=O) groups is 2. The number of phenols is 2. The fraction of sp³-hybridized carbons (Fsp3) is 0.306. The van der Waals surface area contributed by atoms with Crippen LogP contribution in [0, 0.1) is 0 Å². The lowest BCUT2D eigenvalue weighted by Crippen LogP contribution is -2.52. The average Bonchev–Trinajstić information content (AvgIpc) is 0.693. The Labute approximate surface area is 520 Å². The molecule has 90 heavy (non-hydrogen) atoms. The third kappa shape index (κ3) is 9.36. The van der Waals surface area contributed by atoms with Crippen LogP contribution < -0.4 is 66.3 Å². The highest BCUT2D eigenvalue weighted by molar-refractivity contribution is 5.72. The van der Waals surface area contributed by atoms with Gasteiger partial charge >= 0.3 is 11.9 Å². The molecule has 2 N–H and O–H groups in total. The molecule has 6 aliphatic rings. The summed E-state index contributed by atoms with van der Waals surface area (Å²) in [7, 11) is 13.0. The molecule has 0 saturated carbocycles. The van der Waals surface area contributed by atoms with Crippen molar-refractivity contribution in [2.24, 2.45) is 0 Å². The van der Waals surface area contributed by atoms with Gasteiger partial charge in [-0.05, 0) is 128 Å². The Morgan fingerprint density at radius 3 is 1.13 bits per heavy atom. The highest BCUT2D eigenvalue weighted by atomic mass is 16.6. The second-order valence-corrected chi connectivity index (χ2v) is 23.1. The predicted molar refractivity (Wildman–Crippen MR) is 330 cm³/mol. The summed E-state index contributed by atoms with van der Waals surface area (Å²) in [5.74, 6) is 7.00. The van der Waals surface area contributed by atoms with Crippen LogP contribution in [0.2, 0.25) is 0 Å². The summed E-state index contributed by atoms with van der Waals surface area (Å²) in [4.78, 5) is 23.7. The minimum absolute atomic E-state index is 0.0464. The van der Waals surface area contributed by atoms with Crippen molar-refractivity contribution < 1.29 is 86.1 Å².